The van der Waals surface area contributed by atoms with Crippen LogP contribution in [-0.2, 0) is 4.84 Å². The molecule has 0 saturated heterocycles. The fourth-order valence-electron chi connectivity index (χ4n) is 2.31. The van der Waals surface area contributed by atoms with Crippen LogP contribution in [0.1, 0.15) is 19.4 Å². The molecule has 1 aliphatic rings. The zero-order valence-corrected chi connectivity index (χ0v) is 12.6. The number of hydrogen-bond donors (Lipinski definition) is 0. The van der Waals surface area contributed by atoms with Crippen LogP contribution in [0, 0.1) is 0 Å². The third-order valence-electron chi connectivity index (χ3n) is 3.15. The Morgan fingerprint density at radius 3 is 2.15 bits per heavy atom. The summed E-state index contributed by atoms with van der Waals surface area (Å²) >= 11 is 0. The van der Waals surface area contributed by atoms with Gasteiger partial charge in [0.15, 0.2) is 11.5 Å². The van der Waals surface area contributed by atoms with Gasteiger partial charge in [-0.25, -0.2) is 0 Å². The number of rotatable bonds is 4. The van der Waals surface area contributed by atoms with Crippen LogP contribution in [0.4, 0.5) is 0 Å². The van der Waals surface area contributed by atoms with E-state index in [9.17, 15) is 0 Å². The summed E-state index contributed by atoms with van der Waals surface area (Å²) in [5.41, 5.74) is 0.744. The first-order valence-corrected chi connectivity index (χ1v) is 6.14. The summed E-state index contributed by atoms with van der Waals surface area (Å²) in [7, 11) is 6.18. The van der Waals surface area contributed by atoms with E-state index in [0.29, 0.717) is 28.7 Å². The molecule has 0 aromatic heterocycles. The highest BCUT2D eigenvalue weighted by Gasteiger charge is 2.43. The van der Waals surface area contributed by atoms with Crippen LogP contribution in [0.15, 0.2) is 11.2 Å². The van der Waals surface area contributed by atoms with Crippen molar-refractivity contribution in [3.8, 4) is 23.0 Å². The zero-order valence-electron chi connectivity index (χ0n) is 12.6. The monoisotopic (exact) mass is 281 g/mol. The largest absolute Gasteiger partial charge is 0.493 e. The van der Waals surface area contributed by atoms with E-state index in [4.69, 9.17) is 23.8 Å². The Kier molecular flexibility index (Phi) is 3.65. The first-order chi connectivity index (χ1) is 9.50. The van der Waals surface area contributed by atoms with Crippen molar-refractivity contribution in [2.24, 2.45) is 5.16 Å². The first kappa shape index (κ1) is 14.3. The second kappa shape index (κ2) is 5.11. The van der Waals surface area contributed by atoms with Gasteiger partial charge >= 0.3 is 0 Å². The lowest BCUT2D eigenvalue weighted by molar-refractivity contribution is 0.176. The smallest absolute Gasteiger partial charge is 0.204 e. The second-order valence-electron chi connectivity index (χ2n) is 4.75. The third-order valence-corrected chi connectivity index (χ3v) is 3.15. The molecule has 0 aliphatic carbocycles. The Morgan fingerprint density at radius 1 is 1.00 bits per heavy atom. The molecule has 0 fully saturated rings. The van der Waals surface area contributed by atoms with Crippen molar-refractivity contribution in [3.63, 3.8) is 0 Å². The van der Waals surface area contributed by atoms with Gasteiger partial charge in [-0.1, -0.05) is 5.16 Å². The molecule has 1 aliphatic heterocycles. The SMILES string of the molecule is CON=C1c2c(cc(OC)c(OC)c2OC)OC1(C)C. The van der Waals surface area contributed by atoms with Crippen LogP contribution in [0.25, 0.3) is 0 Å². The summed E-state index contributed by atoms with van der Waals surface area (Å²) in [5, 5.41) is 4.07. The summed E-state index contributed by atoms with van der Waals surface area (Å²) in [6.45, 7) is 3.81. The first-order valence-electron chi connectivity index (χ1n) is 6.14. The summed E-state index contributed by atoms with van der Waals surface area (Å²) in [4.78, 5) is 4.93. The fraction of sp³-hybridized carbons (Fsp3) is 0.500. The van der Waals surface area contributed by atoms with Crippen molar-refractivity contribution in [1.82, 2.24) is 0 Å². The van der Waals surface area contributed by atoms with E-state index in [0.717, 1.165) is 5.56 Å². The number of nitrogens with zero attached hydrogens (tertiary/aromatic N) is 1. The average molecular weight is 281 g/mol. The van der Waals surface area contributed by atoms with Crippen LogP contribution < -0.4 is 18.9 Å². The Hall–Kier alpha value is -2.11. The van der Waals surface area contributed by atoms with Gasteiger partial charge in [0.25, 0.3) is 0 Å². The van der Waals surface area contributed by atoms with Gasteiger partial charge in [0.05, 0.1) is 26.9 Å². The highest BCUT2D eigenvalue weighted by Crippen LogP contribution is 2.50. The zero-order chi connectivity index (χ0) is 14.9. The van der Waals surface area contributed by atoms with E-state index in [1.54, 1.807) is 27.4 Å². The van der Waals surface area contributed by atoms with Crippen molar-refractivity contribution in [2.75, 3.05) is 28.4 Å². The van der Waals surface area contributed by atoms with Gasteiger partial charge in [0.1, 0.15) is 24.2 Å². The molecule has 6 heteroatoms. The van der Waals surface area contributed by atoms with Crippen LogP contribution >= 0.6 is 0 Å². The second-order valence-corrected chi connectivity index (χ2v) is 4.75. The molecule has 110 valence electrons. The predicted molar refractivity (Wildman–Crippen MR) is 74.4 cm³/mol. The normalized spacial score (nSPS) is 17.4. The van der Waals surface area contributed by atoms with E-state index in [1.807, 2.05) is 13.8 Å². The van der Waals surface area contributed by atoms with E-state index >= 15 is 0 Å². The average Bonchev–Trinajstić information content (AvgIpc) is 2.67. The molecule has 0 amide bonds. The molecule has 0 bridgehead atoms. The summed E-state index contributed by atoms with van der Waals surface area (Å²) in [6.07, 6.45) is 0. The van der Waals surface area contributed by atoms with Crippen molar-refractivity contribution in [3.05, 3.63) is 11.6 Å². The van der Waals surface area contributed by atoms with Gasteiger partial charge in [0.2, 0.25) is 5.75 Å². The van der Waals surface area contributed by atoms with Crippen LogP contribution in [-0.4, -0.2) is 39.8 Å². The fourth-order valence-corrected chi connectivity index (χ4v) is 2.31. The van der Waals surface area contributed by atoms with Gasteiger partial charge in [-0.3, -0.25) is 0 Å². The lowest BCUT2D eigenvalue weighted by Crippen LogP contribution is -2.33. The highest BCUT2D eigenvalue weighted by molar-refractivity contribution is 6.13. The van der Waals surface area contributed by atoms with Crippen molar-refractivity contribution in [1.29, 1.82) is 0 Å². The predicted octanol–water partition coefficient (Wildman–Crippen LogP) is 2.23. The Labute approximate surface area is 118 Å². The minimum atomic E-state index is -0.622. The molecular weight excluding hydrogens is 262 g/mol. The van der Waals surface area contributed by atoms with E-state index in [2.05, 4.69) is 5.16 Å². The molecule has 0 unspecified atom stereocenters. The number of ether oxygens (including phenoxy) is 4. The highest BCUT2D eigenvalue weighted by atomic mass is 16.6. The molecule has 1 aromatic carbocycles. The van der Waals surface area contributed by atoms with Gasteiger partial charge in [-0.2, -0.15) is 0 Å². The molecule has 1 heterocycles. The van der Waals surface area contributed by atoms with Gasteiger partial charge in [-0.15, -0.1) is 0 Å². The molecule has 2 rings (SSSR count). The molecule has 20 heavy (non-hydrogen) atoms. The molecule has 1 aromatic rings. The molecule has 6 nitrogen and oxygen atoms in total. The Morgan fingerprint density at radius 2 is 1.65 bits per heavy atom. The Bertz CT molecular complexity index is 551. The summed E-state index contributed by atoms with van der Waals surface area (Å²) in [6, 6.07) is 1.76. The van der Waals surface area contributed by atoms with Gasteiger partial charge < -0.3 is 23.8 Å². The van der Waals surface area contributed by atoms with Gasteiger partial charge in [-0.05, 0) is 13.8 Å². The van der Waals surface area contributed by atoms with E-state index in [-0.39, 0.29) is 0 Å². The number of oxime groups is 1. The minimum absolute atomic E-state index is 0.499. The summed E-state index contributed by atoms with van der Waals surface area (Å²) < 4.78 is 22.1. The molecule has 0 spiro atoms. The molecule has 0 N–H and O–H groups in total. The number of hydrogen-bond acceptors (Lipinski definition) is 6. The van der Waals surface area contributed by atoms with Crippen LogP contribution in [0.2, 0.25) is 0 Å². The molecule has 0 atom stereocenters. The quantitative estimate of drug-likeness (QED) is 0.792. The number of benzene rings is 1. The lowest BCUT2D eigenvalue weighted by Gasteiger charge is -2.17. The minimum Gasteiger partial charge on any atom is -0.493 e. The van der Waals surface area contributed by atoms with Crippen LogP contribution in [0.3, 0.4) is 0 Å². The van der Waals surface area contributed by atoms with Crippen molar-refractivity contribution < 1.29 is 23.8 Å². The van der Waals surface area contributed by atoms with Crippen molar-refractivity contribution >= 4 is 5.71 Å². The lowest BCUT2D eigenvalue weighted by atomic mass is 9.97. The van der Waals surface area contributed by atoms with E-state index in [1.165, 1.54) is 7.11 Å². The maximum absolute atomic E-state index is 5.92. The maximum atomic E-state index is 5.92. The standard InChI is InChI=1S/C14H19NO5/c1-14(2)13(15-19-6)10-8(20-14)7-9(16-3)11(17-4)12(10)18-5/h7H,1-6H3. The number of fused-ring (bicyclic) bond motifs is 1. The van der Waals surface area contributed by atoms with Crippen LogP contribution in [0.5, 0.6) is 23.0 Å². The van der Waals surface area contributed by atoms with Gasteiger partial charge in [0, 0.05) is 6.07 Å². The van der Waals surface area contributed by atoms with E-state index < -0.39 is 5.60 Å². The maximum Gasteiger partial charge on any atom is 0.204 e. The van der Waals surface area contributed by atoms with Crippen molar-refractivity contribution in [2.45, 2.75) is 19.4 Å². The molecular formula is C14H19NO5. The number of methoxy groups -OCH3 is 3. The summed E-state index contributed by atoms with van der Waals surface area (Å²) in [5.74, 6) is 2.18. The molecule has 0 saturated carbocycles. The topological polar surface area (TPSA) is 58.5 Å². The Balaban J connectivity index is 2.75. The third kappa shape index (κ3) is 2.01. The molecule has 0 radical (unpaired) electrons.